The summed E-state index contributed by atoms with van der Waals surface area (Å²) in [6.07, 6.45) is 1.66. The van der Waals surface area contributed by atoms with E-state index in [4.69, 9.17) is 0 Å². The zero-order valence-electron chi connectivity index (χ0n) is 15.0. The van der Waals surface area contributed by atoms with E-state index in [1.54, 1.807) is 41.4 Å². The first-order valence-electron chi connectivity index (χ1n) is 8.99. The molecule has 0 bridgehead atoms. The first-order valence-corrected chi connectivity index (χ1v) is 8.99. The van der Waals surface area contributed by atoms with Crippen LogP contribution in [0, 0.1) is 5.82 Å². The molecule has 2 aromatic carbocycles. The Balaban J connectivity index is 1.56. The van der Waals surface area contributed by atoms with E-state index in [1.165, 1.54) is 6.07 Å². The van der Waals surface area contributed by atoms with Crippen LogP contribution < -0.4 is 10.2 Å². The maximum Gasteiger partial charge on any atom is 0.260 e. The predicted molar refractivity (Wildman–Crippen MR) is 103 cm³/mol. The van der Waals surface area contributed by atoms with E-state index < -0.39 is 6.04 Å². The lowest BCUT2D eigenvalue weighted by atomic mass is 10.1. The van der Waals surface area contributed by atoms with E-state index >= 15 is 0 Å². The number of hydrogen-bond donors (Lipinski definition) is 1. The van der Waals surface area contributed by atoms with E-state index in [9.17, 15) is 14.0 Å². The normalized spacial score (nSPS) is 15.4. The van der Waals surface area contributed by atoms with Crippen molar-refractivity contribution >= 4 is 17.5 Å². The van der Waals surface area contributed by atoms with E-state index in [2.05, 4.69) is 10.3 Å². The van der Waals surface area contributed by atoms with Gasteiger partial charge in [0, 0.05) is 24.0 Å². The van der Waals surface area contributed by atoms with Crippen molar-refractivity contribution in [1.82, 2.24) is 10.3 Å². The summed E-state index contributed by atoms with van der Waals surface area (Å²) in [7, 11) is 0. The molecule has 1 unspecified atom stereocenters. The highest BCUT2D eigenvalue weighted by Gasteiger charge is 2.39. The number of rotatable bonds is 5. The van der Waals surface area contributed by atoms with Gasteiger partial charge in [0.2, 0.25) is 5.91 Å². The minimum absolute atomic E-state index is 0.0408. The van der Waals surface area contributed by atoms with Gasteiger partial charge in [-0.15, -0.1) is 0 Å². The van der Waals surface area contributed by atoms with Gasteiger partial charge in [0.05, 0.1) is 23.7 Å². The second-order valence-electron chi connectivity index (χ2n) is 6.53. The van der Waals surface area contributed by atoms with Gasteiger partial charge in [0.1, 0.15) is 5.82 Å². The van der Waals surface area contributed by atoms with Crippen LogP contribution >= 0.6 is 0 Å². The number of fused-ring (bicyclic) bond motifs is 1. The smallest absolute Gasteiger partial charge is 0.260 e. The third kappa shape index (κ3) is 3.36. The first kappa shape index (κ1) is 17.9. The largest absolute Gasteiger partial charge is 0.352 e. The molecule has 0 saturated heterocycles. The molecule has 2 heterocycles. The molecule has 1 aromatic heterocycles. The van der Waals surface area contributed by atoms with E-state index in [0.29, 0.717) is 22.5 Å². The van der Waals surface area contributed by atoms with Crippen LogP contribution in [0.3, 0.4) is 0 Å². The zero-order chi connectivity index (χ0) is 19.5. The second-order valence-corrected chi connectivity index (χ2v) is 6.53. The maximum absolute atomic E-state index is 13.8. The van der Waals surface area contributed by atoms with Crippen LogP contribution in [0.25, 0.3) is 0 Å². The quantitative estimate of drug-likeness (QED) is 0.741. The van der Waals surface area contributed by atoms with Crippen LogP contribution in [-0.2, 0) is 11.3 Å². The van der Waals surface area contributed by atoms with Crippen molar-refractivity contribution in [2.45, 2.75) is 19.0 Å². The molecule has 1 N–H and O–H groups in total. The number of amides is 2. The highest BCUT2D eigenvalue weighted by atomic mass is 19.1. The Hall–Kier alpha value is -3.54. The summed E-state index contributed by atoms with van der Waals surface area (Å²) in [6.45, 7) is 0.0899. The Labute approximate surface area is 161 Å². The third-order valence-corrected chi connectivity index (χ3v) is 4.76. The Morgan fingerprint density at radius 2 is 1.79 bits per heavy atom. The molecule has 0 fully saturated rings. The van der Waals surface area contributed by atoms with Crippen molar-refractivity contribution in [3.05, 3.63) is 95.6 Å². The molecule has 0 aliphatic carbocycles. The Morgan fingerprint density at radius 3 is 2.57 bits per heavy atom. The monoisotopic (exact) mass is 375 g/mol. The summed E-state index contributed by atoms with van der Waals surface area (Å²) in [5.41, 5.74) is 2.20. The number of benzene rings is 2. The van der Waals surface area contributed by atoms with Crippen LogP contribution in [0.1, 0.15) is 34.1 Å². The number of anilines is 1. The fourth-order valence-corrected chi connectivity index (χ4v) is 3.41. The van der Waals surface area contributed by atoms with Gasteiger partial charge in [0.25, 0.3) is 5.91 Å². The van der Waals surface area contributed by atoms with E-state index in [1.807, 2.05) is 30.3 Å². The van der Waals surface area contributed by atoms with Crippen LogP contribution in [0.5, 0.6) is 0 Å². The first-order chi connectivity index (χ1) is 13.6. The summed E-state index contributed by atoms with van der Waals surface area (Å²) in [4.78, 5) is 31.4. The molecule has 0 spiro atoms. The van der Waals surface area contributed by atoms with Crippen molar-refractivity contribution in [1.29, 1.82) is 0 Å². The molecule has 4 rings (SSSR count). The molecule has 28 heavy (non-hydrogen) atoms. The van der Waals surface area contributed by atoms with Gasteiger partial charge in [0.15, 0.2) is 0 Å². The molecule has 1 atom stereocenters. The van der Waals surface area contributed by atoms with Gasteiger partial charge in [-0.05, 0) is 30.3 Å². The molecule has 1 aliphatic heterocycles. The summed E-state index contributed by atoms with van der Waals surface area (Å²) in [5.74, 6) is -0.821. The SMILES string of the molecule is O=C(CC1c2ncccc2C(=O)N1c1ccccc1)NCc1ccccc1F. The summed E-state index contributed by atoms with van der Waals surface area (Å²) >= 11 is 0. The van der Waals surface area contributed by atoms with E-state index in [0.717, 1.165) is 0 Å². The van der Waals surface area contributed by atoms with Gasteiger partial charge < -0.3 is 5.32 Å². The number of aromatic nitrogens is 1. The fourth-order valence-electron chi connectivity index (χ4n) is 3.41. The van der Waals surface area contributed by atoms with Crippen molar-refractivity contribution in [3.8, 4) is 0 Å². The minimum Gasteiger partial charge on any atom is -0.352 e. The summed E-state index contributed by atoms with van der Waals surface area (Å²) < 4.78 is 13.8. The van der Waals surface area contributed by atoms with Crippen molar-refractivity contribution in [2.75, 3.05) is 4.90 Å². The zero-order valence-corrected chi connectivity index (χ0v) is 15.0. The molecular formula is C22H18FN3O2. The lowest BCUT2D eigenvalue weighted by molar-refractivity contribution is -0.121. The average Bonchev–Trinajstić information content (AvgIpc) is 3.00. The van der Waals surface area contributed by atoms with Gasteiger partial charge in [-0.25, -0.2) is 4.39 Å². The highest BCUT2D eigenvalue weighted by molar-refractivity contribution is 6.11. The summed E-state index contributed by atoms with van der Waals surface area (Å²) in [6, 6.07) is 18.4. The number of carbonyl (C=O) groups excluding carboxylic acids is 2. The molecular weight excluding hydrogens is 357 g/mol. The van der Waals surface area contributed by atoms with Crippen LogP contribution in [0.15, 0.2) is 72.9 Å². The molecule has 3 aromatic rings. The molecule has 0 radical (unpaired) electrons. The molecule has 140 valence electrons. The Kier molecular flexibility index (Phi) is 4.85. The predicted octanol–water partition coefficient (Wildman–Crippen LogP) is 3.63. The van der Waals surface area contributed by atoms with Gasteiger partial charge >= 0.3 is 0 Å². The highest BCUT2D eigenvalue weighted by Crippen LogP contribution is 2.38. The lowest BCUT2D eigenvalue weighted by Gasteiger charge is -2.24. The fraction of sp³-hybridized carbons (Fsp3) is 0.136. The standard InChI is InChI=1S/C22H18FN3O2/c23-18-11-5-4-7-15(18)14-25-20(27)13-19-21-17(10-6-12-24-21)22(28)26(19)16-8-2-1-3-9-16/h1-12,19H,13-14H2,(H,25,27). The molecule has 1 aliphatic rings. The Bertz CT molecular complexity index is 1020. The van der Waals surface area contributed by atoms with Gasteiger partial charge in [-0.2, -0.15) is 0 Å². The lowest BCUT2D eigenvalue weighted by Crippen LogP contribution is -2.33. The van der Waals surface area contributed by atoms with Gasteiger partial charge in [-0.3, -0.25) is 19.5 Å². The van der Waals surface area contributed by atoms with Crippen LogP contribution in [0.4, 0.5) is 10.1 Å². The number of halogens is 1. The minimum atomic E-state index is -0.508. The van der Waals surface area contributed by atoms with Crippen LogP contribution in [0.2, 0.25) is 0 Å². The molecule has 5 nitrogen and oxygen atoms in total. The van der Waals surface area contributed by atoms with Crippen molar-refractivity contribution in [2.24, 2.45) is 0 Å². The van der Waals surface area contributed by atoms with Crippen molar-refractivity contribution in [3.63, 3.8) is 0 Å². The molecule has 6 heteroatoms. The van der Waals surface area contributed by atoms with E-state index in [-0.39, 0.29) is 30.6 Å². The number of carbonyl (C=O) groups is 2. The molecule has 2 amide bonds. The van der Waals surface area contributed by atoms with Crippen LogP contribution in [-0.4, -0.2) is 16.8 Å². The number of hydrogen-bond acceptors (Lipinski definition) is 3. The third-order valence-electron chi connectivity index (χ3n) is 4.76. The summed E-state index contributed by atoms with van der Waals surface area (Å²) in [5, 5.41) is 2.74. The number of pyridine rings is 1. The average molecular weight is 375 g/mol. The maximum atomic E-state index is 13.8. The number of para-hydroxylation sites is 1. The van der Waals surface area contributed by atoms with Crippen molar-refractivity contribution < 1.29 is 14.0 Å². The number of nitrogens with zero attached hydrogens (tertiary/aromatic N) is 2. The Morgan fingerprint density at radius 1 is 1.04 bits per heavy atom. The molecule has 0 saturated carbocycles. The van der Waals surface area contributed by atoms with Gasteiger partial charge in [-0.1, -0.05) is 36.4 Å². The topological polar surface area (TPSA) is 62.3 Å². The second kappa shape index (κ2) is 7.60. The number of nitrogens with one attached hydrogen (secondary N) is 1.